The van der Waals surface area contributed by atoms with Crippen LogP contribution in [0.25, 0.3) is 38.0 Å². The summed E-state index contributed by atoms with van der Waals surface area (Å²) in [5.74, 6) is -0.399. The molecule has 1 aromatic heterocycles. The lowest BCUT2D eigenvalue weighted by Gasteiger charge is -2.12. The van der Waals surface area contributed by atoms with Gasteiger partial charge in [0.15, 0.2) is 11.5 Å². The number of halogens is 1. The van der Waals surface area contributed by atoms with Gasteiger partial charge in [0.2, 0.25) is 0 Å². The van der Waals surface area contributed by atoms with Crippen molar-refractivity contribution >= 4 is 32.3 Å². The molecular formula is C21H11FN4. The van der Waals surface area contributed by atoms with Gasteiger partial charge >= 0.3 is 0 Å². The van der Waals surface area contributed by atoms with Gasteiger partial charge in [0, 0.05) is 5.39 Å². The Hall–Kier alpha value is -3.78. The normalized spacial score (nSPS) is 11.2. The quantitative estimate of drug-likeness (QED) is 0.415. The van der Waals surface area contributed by atoms with Crippen LogP contribution in [0, 0.1) is 17.1 Å². The van der Waals surface area contributed by atoms with Gasteiger partial charge in [0.1, 0.15) is 11.8 Å². The maximum atomic E-state index is 15.5. The molecule has 5 rings (SSSR count). The van der Waals surface area contributed by atoms with E-state index in [1.807, 2.05) is 54.6 Å². The Labute approximate surface area is 147 Å². The molecule has 1 heterocycles. The van der Waals surface area contributed by atoms with Gasteiger partial charge in [-0.3, -0.25) is 0 Å². The molecular weight excluding hydrogens is 327 g/mol. The summed E-state index contributed by atoms with van der Waals surface area (Å²) in [7, 11) is 0. The van der Waals surface area contributed by atoms with Crippen molar-refractivity contribution in [3.63, 3.8) is 0 Å². The minimum atomic E-state index is -0.399. The summed E-state index contributed by atoms with van der Waals surface area (Å²) in [6.07, 6.45) is 1.32. The van der Waals surface area contributed by atoms with Crippen LogP contribution in [0.2, 0.25) is 0 Å². The van der Waals surface area contributed by atoms with E-state index >= 15 is 4.39 Å². The van der Waals surface area contributed by atoms with E-state index in [9.17, 15) is 0 Å². The molecule has 5 heteroatoms. The fraction of sp³-hybridized carbons (Fsp3) is 0. The van der Waals surface area contributed by atoms with Crippen molar-refractivity contribution in [3.05, 3.63) is 78.4 Å². The third-order valence-corrected chi connectivity index (χ3v) is 4.65. The van der Waals surface area contributed by atoms with Gasteiger partial charge < -0.3 is 0 Å². The van der Waals surface area contributed by atoms with Gasteiger partial charge in [-0.2, -0.15) is 10.4 Å². The van der Waals surface area contributed by atoms with Crippen molar-refractivity contribution in [1.29, 1.82) is 5.26 Å². The Morgan fingerprint density at radius 1 is 0.808 bits per heavy atom. The molecule has 4 nitrogen and oxygen atoms in total. The molecule has 0 N–H and O–H groups in total. The third kappa shape index (κ3) is 1.93. The molecule has 0 unspecified atom stereocenters. The second kappa shape index (κ2) is 5.36. The highest BCUT2D eigenvalue weighted by atomic mass is 19.1. The molecule has 0 fully saturated rings. The van der Waals surface area contributed by atoms with Crippen LogP contribution in [0.4, 0.5) is 4.39 Å². The maximum absolute atomic E-state index is 15.5. The fourth-order valence-electron chi connectivity index (χ4n) is 3.53. The SMILES string of the molecule is N#Cc1cnn(-c2ccc3c4ccccc4c4ccccc4c3c2F)n1. The zero-order valence-electron chi connectivity index (χ0n) is 13.5. The lowest BCUT2D eigenvalue weighted by atomic mass is 9.94. The molecule has 5 aromatic rings. The minimum absolute atomic E-state index is 0.146. The minimum Gasteiger partial charge on any atom is -0.204 e. The Morgan fingerprint density at radius 3 is 2.00 bits per heavy atom. The number of aromatic nitrogens is 3. The molecule has 0 atom stereocenters. The predicted octanol–water partition coefficient (Wildman–Crippen LogP) is 4.74. The van der Waals surface area contributed by atoms with Crippen LogP contribution >= 0.6 is 0 Å². The van der Waals surface area contributed by atoms with Gasteiger partial charge in [-0.15, -0.1) is 9.90 Å². The first kappa shape index (κ1) is 14.6. The van der Waals surface area contributed by atoms with Gasteiger partial charge in [-0.25, -0.2) is 4.39 Å². The summed E-state index contributed by atoms with van der Waals surface area (Å²) in [6.45, 7) is 0. The molecule has 0 amide bonds. The predicted molar refractivity (Wildman–Crippen MR) is 98.6 cm³/mol. The largest absolute Gasteiger partial charge is 0.204 e. The van der Waals surface area contributed by atoms with Gasteiger partial charge in [-0.05, 0) is 33.0 Å². The number of hydrogen-bond acceptors (Lipinski definition) is 3. The molecule has 122 valence electrons. The monoisotopic (exact) mass is 338 g/mol. The van der Waals surface area contributed by atoms with E-state index in [0.29, 0.717) is 5.39 Å². The molecule has 0 saturated carbocycles. The summed E-state index contributed by atoms with van der Waals surface area (Å²) in [5, 5.41) is 22.3. The highest BCUT2D eigenvalue weighted by Gasteiger charge is 2.16. The van der Waals surface area contributed by atoms with E-state index in [2.05, 4.69) is 16.3 Å². The van der Waals surface area contributed by atoms with Crippen molar-refractivity contribution in [3.8, 4) is 11.8 Å². The summed E-state index contributed by atoms with van der Waals surface area (Å²) in [6, 6.07) is 21.2. The summed E-state index contributed by atoms with van der Waals surface area (Å²) >= 11 is 0. The highest BCUT2D eigenvalue weighted by Crippen LogP contribution is 2.37. The number of benzene rings is 4. The number of nitrogens with zero attached hydrogens (tertiary/aromatic N) is 4. The van der Waals surface area contributed by atoms with Crippen molar-refractivity contribution in [2.24, 2.45) is 0 Å². The molecule has 0 aliphatic carbocycles. The Bertz CT molecular complexity index is 1330. The molecule has 0 aliphatic rings. The second-order valence-corrected chi connectivity index (χ2v) is 6.04. The second-order valence-electron chi connectivity index (χ2n) is 6.04. The molecule has 0 radical (unpaired) electrons. The number of hydrogen-bond donors (Lipinski definition) is 0. The van der Waals surface area contributed by atoms with Crippen molar-refractivity contribution in [2.75, 3.05) is 0 Å². The molecule has 0 saturated heterocycles. The van der Waals surface area contributed by atoms with E-state index in [0.717, 1.165) is 31.7 Å². The Kier molecular flexibility index (Phi) is 3.00. The fourth-order valence-corrected chi connectivity index (χ4v) is 3.53. The van der Waals surface area contributed by atoms with E-state index in [-0.39, 0.29) is 11.4 Å². The standard InChI is InChI=1S/C21H11FN4/c22-21-19(26-24-12-13(11-23)25-26)10-9-18-16-7-2-1-5-14(16)15-6-3-4-8-17(15)20(18)21/h1-10,12H. The van der Waals surface area contributed by atoms with Crippen LogP contribution < -0.4 is 0 Å². The molecule has 0 spiro atoms. The van der Waals surface area contributed by atoms with Crippen molar-refractivity contribution < 1.29 is 4.39 Å². The van der Waals surface area contributed by atoms with E-state index in [4.69, 9.17) is 5.26 Å². The van der Waals surface area contributed by atoms with Crippen LogP contribution in [0.5, 0.6) is 0 Å². The van der Waals surface area contributed by atoms with Crippen LogP contribution in [0.3, 0.4) is 0 Å². The molecule has 0 bridgehead atoms. The average molecular weight is 338 g/mol. The van der Waals surface area contributed by atoms with Crippen molar-refractivity contribution in [2.45, 2.75) is 0 Å². The maximum Gasteiger partial charge on any atom is 0.183 e. The Balaban J connectivity index is 1.97. The number of fused-ring (bicyclic) bond motifs is 6. The van der Waals surface area contributed by atoms with Gasteiger partial charge in [0.05, 0.1) is 6.20 Å². The van der Waals surface area contributed by atoms with E-state index in [1.54, 1.807) is 6.07 Å². The van der Waals surface area contributed by atoms with Crippen LogP contribution in [0.15, 0.2) is 66.9 Å². The first-order chi connectivity index (χ1) is 12.8. The van der Waals surface area contributed by atoms with Crippen molar-refractivity contribution in [1.82, 2.24) is 15.0 Å². The van der Waals surface area contributed by atoms with Gasteiger partial charge in [0.25, 0.3) is 0 Å². The Morgan fingerprint density at radius 2 is 1.38 bits per heavy atom. The number of rotatable bonds is 1. The molecule has 26 heavy (non-hydrogen) atoms. The molecule has 4 aromatic carbocycles. The van der Waals surface area contributed by atoms with Gasteiger partial charge in [-0.1, -0.05) is 54.6 Å². The first-order valence-corrected chi connectivity index (χ1v) is 8.12. The van der Waals surface area contributed by atoms with Crippen LogP contribution in [-0.2, 0) is 0 Å². The zero-order valence-corrected chi connectivity index (χ0v) is 13.5. The lowest BCUT2D eigenvalue weighted by molar-refractivity contribution is 0.607. The zero-order chi connectivity index (χ0) is 17.7. The third-order valence-electron chi connectivity index (χ3n) is 4.65. The average Bonchev–Trinajstić information content (AvgIpc) is 3.17. The van der Waals surface area contributed by atoms with Crippen LogP contribution in [0.1, 0.15) is 5.69 Å². The summed E-state index contributed by atoms with van der Waals surface area (Å²) in [4.78, 5) is 1.16. The van der Waals surface area contributed by atoms with Crippen LogP contribution in [-0.4, -0.2) is 15.0 Å². The smallest absolute Gasteiger partial charge is 0.183 e. The first-order valence-electron chi connectivity index (χ1n) is 8.12. The summed E-state index contributed by atoms with van der Waals surface area (Å²) < 4.78 is 15.5. The highest BCUT2D eigenvalue weighted by molar-refractivity contribution is 6.25. The number of nitriles is 1. The topological polar surface area (TPSA) is 54.5 Å². The van der Waals surface area contributed by atoms with E-state index in [1.165, 1.54) is 6.20 Å². The lowest BCUT2D eigenvalue weighted by Crippen LogP contribution is -2.03. The van der Waals surface area contributed by atoms with E-state index < -0.39 is 5.82 Å². The molecule has 0 aliphatic heterocycles. The summed E-state index contributed by atoms with van der Waals surface area (Å²) in [5.41, 5.74) is 0.368.